The summed E-state index contributed by atoms with van der Waals surface area (Å²) in [6.45, 7) is 3.51. The first-order valence-electron chi connectivity index (χ1n) is 10.6. The molecule has 8 heteroatoms. The Morgan fingerprint density at radius 2 is 1.97 bits per heavy atom. The van der Waals surface area contributed by atoms with Gasteiger partial charge in [-0.3, -0.25) is 0 Å². The van der Waals surface area contributed by atoms with Gasteiger partial charge in [-0.2, -0.15) is 0 Å². The minimum absolute atomic E-state index is 0.193. The number of allylic oxidation sites excluding steroid dienone is 2. The topological polar surface area (TPSA) is 59.0 Å². The van der Waals surface area contributed by atoms with E-state index in [2.05, 4.69) is 4.99 Å². The van der Waals surface area contributed by atoms with Crippen LogP contribution in [0, 0.1) is 5.82 Å². The monoisotopic (exact) mass is 486 g/mol. The third-order valence-electron chi connectivity index (χ3n) is 5.80. The number of aliphatic imine (C=N–C) groups is 1. The van der Waals surface area contributed by atoms with Crippen molar-refractivity contribution in [2.24, 2.45) is 4.99 Å². The van der Waals surface area contributed by atoms with E-state index in [0.29, 0.717) is 28.6 Å². The van der Waals surface area contributed by atoms with Crippen LogP contribution in [0.1, 0.15) is 25.8 Å². The first kappa shape index (κ1) is 23.3. The van der Waals surface area contributed by atoms with Crippen molar-refractivity contribution in [2.75, 3.05) is 7.05 Å². The fourth-order valence-electron chi connectivity index (χ4n) is 3.76. The predicted octanol–water partition coefficient (Wildman–Crippen LogP) is 5.94. The van der Waals surface area contributed by atoms with E-state index in [9.17, 15) is 12.8 Å². The van der Waals surface area contributed by atoms with Gasteiger partial charge in [-0.05, 0) is 55.8 Å². The van der Waals surface area contributed by atoms with Gasteiger partial charge in [-0.15, -0.1) is 0 Å². The highest BCUT2D eigenvalue weighted by Crippen LogP contribution is 2.37. The number of fused-ring (bicyclic) bond motifs is 1. The summed E-state index contributed by atoms with van der Waals surface area (Å²) in [6, 6.07) is 10.5. The SMILES string of the molecule is CCC(C)S(=O)(=O)c1cccc(Oc2ccc(F)c(C3=C4C=CC=C(Cl)C4N(C)C=N3)c2)c1. The highest BCUT2D eigenvalue weighted by atomic mass is 35.5. The Morgan fingerprint density at radius 3 is 2.73 bits per heavy atom. The maximum absolute atomic E-state index is 14.9. The fourth-order valence-corrected chi connectivity index (χ4v) is 5.56. The highest BCUT2D eigenvalue weighted by molar-refractivity contribution is 7.92. The third-order valence-corrected chi connectivity index (χ3v) is 8.44. The summed E-state index contributed by atoms with van der Waals surface area (Å²) in [4.78, 5) is 6.51. The maximum Gasteiger partial charge on any atom is 0.181 e. The van der Waals surface area contributed by atoms with Crippen LogP contribution in [0.25, 0.3) is 5.70 Å². The molecule has 5 nitrogen and oxygen atoms in total. The van der Waals surface area contributed by atoms with Crippen LogP contribution >= 0.6 is 11.6 Å². The summed E-state index contributed by atoms with van der Waals surface area (Å²) in [6.07, 6.45) is 7.62. The third kappa shape index (κ3) is 4.48. The number of sulfone groups is 1. The van der Waals surface area contributed by atoms with Gasteiger partial charge >= 0.3 is 0 Å². The van der Waals surface area contributed by atoms with Gasteiger partial charge in [0, 0.05) is 23.2 Å². The van der Waals surface area contributed by atoms with Crippen molar-refractivity contribution >= 4 is 33.5 Å². The minimum Gasteiger partial charge on any atom is -0.457 e. The standard InChI is InChI=1S/C25H24ClFN2O3S/c1-4-16(2)33(30,31)19-8-5-7-17(13-19)32-18-11-12-23(27)21(14-18)24-20-9-6-10-22(26)25(20)29(3)15-28-24/h5-16,25H,4H2,1-3H3. The van der Waals surface area contributed by atoms with Crippen LogP contribution in [0.4, 0.5) is 4.39 Å². The molecule has 2 aromatic carbocycles. The van der Waals surface area contributed by atoms with Gasteiger partial charge in [0.2, 0.25) is 0 Å². The molecule has 0 bridgehead atoms. The van der Waals surface area contributed by atoms with Crippen LogP contribution in [0.5, 0.6) is 11.5 Å². The van der Waals surface area contributed by atoms with Crippen molar-refractivity contribution in [3.05, 3.63) is 82.7 Å². The molecule has 0 saturated carbocycles. The van der Waals surface area contributed by atoms with Crippen molar-refractivity contribution in [2.45, 2.75) is 36.5 Å². The second-order valence-electron chi connectivity index (χ2n) is 8.01. The Hall–Kier alpha value is -2.90. The van der Waals surface area contributed by atoms with E-state index >= 15 is 0 Å². The number of hydrogen-bond acceptors (Lipinski definition) is 5. The average Bonchev–Trinajstić information content (AvgIpc) is 2.80. The average molecular weight is 487 g/mol. The first-order valence-corrected chi connectivity index (χ1v) is 12.5. The van der Waals surface area contributed by atoms with Crippen LogP contribution in [0.3, 0.4) is 0 Å². The minimum atomic E-state index is -3.46. The lowest BCUT2D eigenvalue weighted by Crippen LogP contribution is -2.36. The summed E-state index contributed by atoms with van der Waals surface area (Å²) in [5.74, 6) is 0.269. The van der Waals surface area contributed by atoms with Crippen molar-refractivity contribution in [3.63, 3.8) is 0 Å². The number of benzene rings is 2. The van der Waals surface area contributed by atoms with Crippen LogP contribution in [0.2, 0.25) is 0 Å². The number of likely N-dealkylation sites (N-methyl/N-ethyl adjacent to an activating group) is 1. The van der Waals surface area contributed by atoms with Gasteiger partial charge in [0.05, 0.1) is 28.2 Å². The van der Waals surface area contributed by atoms with Crippen molar-refractivity contribution < 1.29 is 17.5 Å². The number of rotatable bonds is 6. The fraction of sp³-hybridized carbons (Fsp3) is 0.240. The molecule has 0 spiro atoms. The summed E-state index contributed by atoms with van der Waals surface area (Å²) < 4.78 is 46.2. The summed E-state index contributed by atoms with van der Waals surface area (Å²) in [5.41, 5.74) is 1.53. The Kier molecular flexibility index (Phi) is 6.45. The summed E-state index contributed by atoms with van der Waals surface area (Å²) >= 11 is 6.41. The number of ether oxygens (including phenoxy) is 1. The molecule has 0 N–H and O–H groups in total. The lowest BCUT2D eigenvalue weighted by atomic mass is 9.94. The Balaban J connectivity index is 1.70. The molecule has 0 radical (unpaired) electrons. The molecule has 2 aliphatic rings. The van der Waals surface area contributed by atoms with Gasteiger partial charge < -0.3 is 9.64 Å². The number of nitrogens with zero attached hydrogens (tertiary/aromatic N) is 2. The smallest absolute Gasteiger partial charge is 0.181 e. The van der Waals surface area contributed by atoms with E-state index in [0.717, 1.165) is 5.57 Å². The van der Waals surface area contributed by atoms with Gasteiger partial charge in [-0.25, -0.2) is 17.8 Å². The van der Waals surface area contributed by atoms with Crippen LogP contribution in [-0.4, -0.2) is 38.0 Å². The molecule has 1 heterocycles. The first-order chi connectivity index (χ1) is 15.7. The zero-order valence-corrected chi connectivity index (χ0v) is 20.1. The number of halogens is 2. The molecule has 2 aromatic rings. The molecule has 0 saturated heterocycles. The zero-order valence-electron chi connectivity index (χ0n) is 18.5. The second-order valence-corrected chi connectivity index (χ2v) is 10.8. The second kappa shape index (κ2) is 9.15. The molecule has 4 rings (SSSR count). The molecule has 172 valence electrons. The summed E-state index contributed by atoms with van der Waals surface area (Å²) in [7, 11) is -1.60. The Morgan fingerprint density at radius 1 is 1.21 bits per heavy atom. The Bertz CT molecular complexity index is 1310. The molecule has 1 aliphatic carbocycles. The lowest BCUT2D eigenvalue weighted by Gasteiger charge is -2.33. The molecule has 2 atom stereocenters. The Labute approximate surface area is 198 Å². The van der Waals surface area contributed by atoms with Gasteiger partial charge in [0.1, 0.15) is 17.3 Å². The highest BCUT2D eigenvalue weighted by Gasteiger charge is 2.29. The van der Waals surface area contributed by atoms with Crippen LogP contribution in [0.15, 0.2) is 81.2 Å². The molecule has 0 fully saturated rings. The van der Waals surface area contributed by atoms with E-state index in [1.54, 1.807) is 43.6 Å². The predicted molar refractivity (Wildman–Crippen MR) is 130 cm³/mol. The lowest BCUT2D eigenvalue weighted by molar-refractivity contribution is 0.473. The molecule has 0 amide bonds. The van der Waals surface area contributed by atoms with E-state index in [4.69, 9.17) is 16.3 Å². The van der Waals surface area contributed by atoms with E-state index in [1.807, 2.05) is 31.0 Å². The summed E-state index contributed by atoms with van der Waals surface area (Å²) in [5, 5.41) is 0.115. The van der Waals surface area contributed by atoms with E-state index in [1.165, 1.54) is 18.2 Å². The molecule has 33 heavy (non-hydrogen) atoms. The van der Waals surface area contributed by atoms with Gasteiger partial charge in [0.25, 0.3) is 0 Å². The molecule has 2 unspecified atom stereocenters. The largest absolute Gasteiger partial charge is 0.457 e. The molecule has 0 aromatic heterocycles. The van der Waals surface area contributed by atoms with Crippen molar-refractivity contribution in [1.82, 2.24) is 4.90 Å². The quantitative estimate of drug-likeness (QED) is 0.507. The van der Waals surface area contributed by atoms with Crippen molar-refractivity contribution in [3.8, 4) is 11.5 Å². The van der Waals surface area contributed by atoms with E-state index < -0.39 is 20.9 Å². The molecular weight excluding hydrogens is 463 g/mol. The normalized spacial score (nSPS) is 18.8. The van der Waals surface area contributed by atoms with Gasteiger partial charge in [0.15, 0.2) is 9.84 Å². The van der Waals surface area contributed by atoms with Gasteiger partial charge in [-0.1, -0.05) is 36.7 Å². The maximum atomic E-state index is 14.9. The van der Waals surface area contributed by atoms with Crippen molar-refractivity contribution in [1.29, 1.82) is 0 Å². The number of hydrogen-bond donors (Lipinski definition) is 0. The van der Waals surface area contributed by atoms with E-state index in [-0.39, 0.29) is 16.5 Å². The van der Waals surface area contributed by atoms with Crippen LogP contribution < -0.4 is 4.74 Å². The zero-order chi connectivity index (χ0) is 23.8. The molecular formula is C25H24ClFN2O3S. The molecule has 1 aliphatic heterocycles. The van der Waals surface area contributed by atoms with Crippen LogP contribution in [-0.2, 0) is 9.84 Å².